The summed E-state index contributed by atoms with van der Waals surface area (Å²) in [6.07, 6.45) is 4.84. The standard InChI is InChI=1S/C20H20O2S/c1-14(2)19(23)13-17-7-5-15(6-8-17)3-4-16-9-11-18(12-10-16)20(21)22/h3-12,23H,13H2,1-2H3,(H,21,22). The average molecular weight is 324 g/mol. The highest BCUT2D eigenvalue weighted by atomic mass is 32.1. The van der Waals surface area contributed by atoms with E-state index < -0.39 is 5.97 Å². The minimum atomic E-state index is -0.906. The molecular formula is C20H20O2S. The summed E-state index contributed by atoms with van der Waals surface area (Å²) in [4.78, 5) is 11.9. The van der Waals surface area contributed by atoms with Gasteiger partial charge in [0.1, 0.15) is 0 Å². The second kappa shape index (κ2) is 7.84. The molecule has 0 aliphatic carbocycles. The quantitative estimate of drug-likeness (QED) is 0.577. The van der Waals surface area contributed by atoms with E-state index >= 15 is 0 Å². The van der Waals surface area contributed by atoms with Crippen LogP contribution in [0.1, 0.15) is 40.9 Å². The molecule has 0 spiro atoms. The van der Waals surface area contributed by atoms with E-state index in [-0.39, 0.29) is 0 Å². The first kappa shape index (κ1) is 17.1. The number of benzene rings is 2. The molecule has 2 nitrogen and oxygen atoms in total. The van der Waals surface area contributed by atoms with E-state index in [2.05, 4.69) is 50.7 Å². The third-order valence-corrected chi connectivity index (χ3v) is 4.16. The molecule has 0 fully saturated rings. The minimum Gasteiger partial charge on any atom is -0.478 e. The minimum absolute atomic E-state index is 0.299. The largest absolute Gasteiger partial charge is 0.478 e. The second-order valence-electron chi connectivity index (χ2n) is 5.63. The summed E-state index contributed by atoms with van der Waals surface area (Å²) < 4.78 is 0. The van der Waals surface area contributed by atoms with Gasteiger partial charge in [-0.15, -0.1) is 12.6 Å². The Bertz CT molecular complexity index is 734. The molecule has 0 bridgehead atoms. The molecule has 118 valence electrons. The number of hydrogen-bond donors (Lipinski definition) is 2. The summed E-state index contributed by atoms with van der Waals surface area (Å²) >= 11 is 4.50. The fourth-order valence-electron chi connectivity index (χ4n) is 2.05. The molecule has 2 rings (SSSR count). The van der Waals surface area contributed by atoms with Crippen molar-refractivity contribution in [2.45, 2.75) is 20.3 Å². The van der Waals surface area contributed by atoms with E-state index in [9.17, 15) is 4.79 Å². The Morgan fingerprint density at radius 2 is 1.43 bits per heavy atom. The Balaban J connectivity index is 2.05. The predicted molar refractivity (Wildman–Crippen MR) is 99.8 cm³/mol. The molecule has 0 radical (unpaired) electrons. The van der Waals surface area contributed by atoms with Crippen LogP contribution in [0.3, 0.4) is 0 Å². The van der Waals surface area contributed by atoms with Crippen LogP contribution >= 0.6 is 12.6 Å². The molecule has 2 aromatic rings. The van der Waals surface area contributed by atoms with E-state index in [0.29, 0.717) is 5.56 Å². The van der Waals surface area contributed by atoms with Gasteiger partial charge >= 0.3 is 5.97 Å². The highest BCUT2D eigenvalue weighted by molar-refractivity contribution is 7.84. The molecule has 3 heteroatoms. The Labute approximate surface area is 142 Å². The van der Waals surface area contributed by atoms with Crippen LogP contribution in [0, 0.1) is 0 Å². The summed E-state index contributed by atoms with van der Waals surface area (Å²) in [6.45, 7) is 4.13. The Morgan fingerprint density at radius 3 is 1.87 bits per heavy atom. The second-order valence-corrected chi connectivity index (χ2v) is 6.17. The van der Waals surface area contributed by atoms with Gasteiger partial charge in [0.25, 0.3) is 0 Å². The first-order valence-electron chi connectivity index (χ1n) is 7.41. The third kappa shape index (κ3) is 5.15. The van der Waals surface area contributed by atoms with Gasteiger partial charge in [-0.05, 0) is 47.6 Å². The van der Waals surface area contributed by atoms with Gasteiger partial charge in [0.2, 0.25) is 0 Å². The van der Waals surface area contributed by atoms with Crippen molar-refractivity contribution in [3.8, 4) is 0 Å². The first-order chi connectivity index (χ1) is 11.0. The normalized spacial score (nSPS) is 10.7. The number of carboxylic acids is 1. The summed E-state index contributed by atoms with van der Waals surface area (Å²) in [5.74, 6) is -0.906. The molecule has 2 aromatic carbocycles. The molecule has 1 N–H and O–H groups in total. The number of carbonyl (C=O) groups is 1. The maximum atomic E-state index is 10.8. The molecule has 0 amide bonds. The van der Waals surface area contributed by atoms with E-state index in [1.165, 1.54) is 11.1 Å². The lowest BCUT2D eigenvalue weighted by Gasteiger charge is -2.04. The number of carboxylic acid groups (broad SMARTS) is 1. The Kier molecular flexibility index (Phi) is 5.83. The van der Waals surface area contributed by atoms with Gasteiger partial charge in [0.15, 0.2) is 0 Å². The van der Waals surface area contributed by atoms with Gasteiger partial charge in [-0.1, -0.05) is 54.1 Å². The maximum absolute atomic E-state index is 10.8. The van der Waals surface area contributed by atoms with Gasteiger partial charge in [-0.2, -0.15) is 0 Å². The molecular weight excluding hydrogens is 304 g/mol. The summed E-state index contributed by atoms with van der Waals surface area (Å²) in [7, 11) is 0. The topological polar surface area (TPSA) is 37.3 Å². The van der Waals surface area contributed by atoms with Crippen LogP contribution in [0.15, 0.2) is 59.0 Å². The van der Waals surface area contributed by atoms with Crippen molar-refractivity contribution >= 4 is 30.8 Å². The van der Waals surface area contributed by atoms with Crippen LogP contribution < -0.4 is 0 Å². The zero-order chi connectivity index (χ0) is 16.8. The number of thiol groups is 1. The van der Waals surface area contributed by atoms with Crippen molar-refractivity contribution in [3.05, 3.63) is 81.3 Å². The Morgan fingerprint density at radius 1 is 0.957 bits per heavy atom. The third-order valence-electron chi connectivity index (χ3n) is 3.55. The van der Waals surface area contributed by atoms with E-state index in [1.54, 1.807) is 24.3 Å². The monoisotopic (exact) mass is 324 g/mol. The maximum Gasteiger partial charge on any atom is 0.335 e. The average Bonchev–Trinajstić information content (AvgIpc) is 2.54. The van der Waals surface area contributed by atoms with Crippen LogP contribution in [0.5, 0.6) is 0 Å². The number of rotatable bonds is 5. The van der Waals surface area contributed by atoms with Crippen LogP contribution in [0.4, 0.5) is 0 Å². The summed E-state index contributed by atoms with van der Waals surface area (Å²) in [5.41, 5.74) is 4.85. The van der Waals surface area contributed by atoms with Crippen LogP contribution in [0.25, 0.3) is 12.2 Å². The lowest BCUT2D eigenvalue weighted by Crippen LogP contribution is -1.94. The molecule has 0 aliphatic heterocycles. The molecule has 0 saturated heterocycles. The van der Waals surface area contributed by atoms with Crippen molar-refractivity contribution < 1.29 is 9.90 Å². The lowest BCUT2D eigenvalue weighted by molar-refractivity contribution is 0.0697. The molecule has 23 heavy (non-hydrogen) atoms. The van der Waals surface area contributed by atoms with Crippen molar-refractivity contribution in [3.63, 3.8) is 0 Å². The van der Waals surface area contributed by atoms with Crippen LogP contribution in [-0.4, -0.2) is 11.1 Å². The SMILES string of the molecule is CC(C)=C(S)Cc1ccc(C=Cc2ccc(C(=O)O)cc2)cc1. The fourth-order valence-corrected chi connectivity index (χ4v) is 2.23. The van der Waals surface area contributed by atoms with Crippen LogP contribution in [0.2, 0.25) is 0 Å². The predicted octanol–water partition coefficient (Wildman–Crippen LogP) is 5.32. The van der Waals surface area contributed by atoms with Crippen molar-refractivity contribution in [1.29, 1.82) is 0 Å². The van der Waals surface area contributed by atoms with Gasteiger partial charge in [-0.25, -0.2) is 4.79 Å². The molecule has 0 aromatic heterocycles. The van der Waals surface area contributed by atoms with Crippen molar-refractivity contribution in [1.82, 2.24) is 0 Å². The highest BCUT2D eigenvalue weighted by Crippen LogP contribution is 2.17. The van der Waals surface area contributed by atoms with Crippen molar-refractivity contribution in [2.75, 3.05) is 0 Å². The molecule has 0 unspecified atom stereocenters. The van der Waals surface area contributed by atoms with E-state index in [0.717, 1.165) is 22.5 Å². The van der Waals surface area contributed by atoms with E-state index in [1.807, 2.05) is 12.2 Å². The Hall–Kier alpha value is -2.26. The zero-order valence-electron chi connectivity index (χ0n) is 13.3. The fraction of sp³-hybridized carbons (Fsp3) is 0.150. The van der Waals surface area contributed by atoms with E-state index in [4.69, 9.17) is 5.11 Å². The number of allylic oxidation sites excluding steroid dienone is 2. The van der Waals surface area contributed by atoms with Crippen LogP contribution in [-0.2, 0) is 6.42 Å². The first-order valence-corrected chi connectivity index (χ1v) is 7.86. The van der Waals surface area contributed by atoms with Gasteiger partial charge in [0.05, 0.1) is 5.56 Å². The highest BCUT2D eigenvalue weighted by Gasteiger charge is 2.00. The molecule has 0 aliphatic rings. The molecule has 0 saturated carbocycles. The lowest BCUT2D eigenvalue weighted by atomic mass is 10.1. The summed E-state index contributed by atoms with van der Waals surface area (Å²) in [6, 6.07) is 15.2. The number of hydrogen-bond acceptors (Lipinski definition) is 2. The molecule has 0 heterocycles. The zero-order valence-corrected chi connectivity index (χ0v) is 14.2. The number of aromatic carboxylic acids is 1. The molecule has 0 atom stereocenters. The van der Waals surface area contributed by atoms with Gasteiger partial charge in [-0.3, -0.25) is 0 Å². The van der Waals surface area contributed by atoms with Gasteiger partial charge in [0, 0.05) is 6.42 Å². The smallest absolute Gasteiger partial charge is 0.335 e. The summed E-state index contributed by atoms with van der Waals surface area (Å²) in [5, 5.41) is 8.88. The van der Waals surface area contributed by atoms with Crippen molar-refractivity contribution in [2.24, 2.45) is 0 Å². The van der Waals surface area contributed by atoms with Gasteiger partial charge < -0.3 is 5.11 Å².